The molecule has 36 heavy (non-hydrogen) atoms. The van der Waals surface area contributed by atoms with Crippen LogP contribution in [0.2, 0.25) is 0 Å². The third kappa shape index (κ3) is 5.19. The molecule has 1 aliphatic heterocycles. The van der Waals surface area contributed by atoms with Gasteiger partial charge < -0.3 is 24.5 Å². The Kier molecular flexibility index (Phi) is 7.87. The van der Waals surface area contributed by atoms with Gasteiger partial charge in [0.15, 0.2) is 0 Å². The molecule has 0 saturated carbocycles. The van der Waals surface area contributed by atoms with Crippen LogP contribution in [0.25, 0.3) is 22.2 Å². The maximum absolute atomic E-state index is 12.4. The topological polar surface area (TPSA) is 126 Å². The van der Waals surface area contributed by atoms with Crippen LogP contribution in [-0.4, -0.2) is 45.9 Å². The number of pyridine rings is 1. The summed E-state index contributed by atoms with van der Waals surface area (Å²) in [5, 5.41) is 3.54. The zero-order valence-corrected chi connectivity index (χ0v) is 20.5. The summed E-state index contributed by atoms with van der Waals surface area (Å²) in [5.41, 5.74) is 10.2. The van der Waals surface area contributed by atoms with Gasteiger partial charge in [-0.15, -0.1) is 12.4 Å². The van der Waals surface area contributed by atoms with Crippen LogP contribution in [0.5, 0.6) is 5.75 Å². The van der Waals surface area contributed by atoms with E-state index in [1.165, 1.54) is 6.33 Å². The fraction of sp³-hybridized carbons (Fsp3) is 0.280. The molecule has 4 heterocycles. The molecule has 0 atom stereocenters. The molecule has 0 aliphatic carbocycles. The van der Waals surface area contributed by atoms with Crippen LogP contribution in [0.4, 0.5) is 16.3 Å². The van der Waals surface area contributed by atoms with E-state index in [1.807, 2.05) is 12.1 Å². The summed E-state index contributed by atoms with van der Waals surface area (Å²) in [5.74, 6) is 0.905. The summed E-state index contributed by atoms with van der Waals surface area (Å²) in [6.07, 6.45) is 8.08. The van der Waals surface area contributed by atoms with Crippen molar-refractivity contribution in [2.24, 2.45) is 0 Å². The normalized spacial score (nSPS) is 13.7. The summed E-state index contributed by atoms with van der Waals surface area (Å²) in [7, 11) is 1.55. The van der Waals surface area contributed by atoms with E-state index in [2.05, 4.69) is 31.0 Å². The second-order valence-electron chi connectivity index (χ2n) is 8.22. The minimum absolute atomic E-state index is 0. The minimum Gasteiger partial charge on any atom is -0.495 e. The maximum Gasteiger partial charge on any atom is 0.412 e. The van der Waals surface area contributed by atoms with E-state index in [-0.39, 0.29) is 25.1 Å². The second kappa shape index (κ2) is 11.2. The predicted octanol–water partition coefficient (Wildman–Crippen LogP) is 4.61. The fourth-order valence-electron chi connectivity index (χ4n) is 4.30. The number of aromatic nitrogens is 4. The van der Waals surface area contributed by atoms with Crippen molar-refractivity contribution in [1.82, 2.24) is 19.5 Å². The number of anilines is 2. The number of fused-ring (bicyclic) bond motifs is 1. The van der Waals surface area contributed by atoms with Gasteiger partial charge in [0.25, 0.3) is 0 Å². The number of hydrogen-bond donors (Lipinski definition) is 2. The summed E-state index contributed by atoms with van der Waals surface area (Å²) in [4.78, 5) is 25.1. The molecule has 3 aromatic heterocycles. The molecule has 5 rings (SSSR count). The van der Waals surface area contributed by atoms with E-state index in [9.17, 15) is 4.79 Å². The van der Waals surface area contributed by atoms with E-state index in [0.29, 0.717) is 30.5 Å². The molecule has 0 unspecified atom stereocenters. The van der Waals surface area contributed by atoms with Crippen molar-refractivity contribution in [2.75, 3.05) is 31.4 Å². The number of nitrogen functional groups attached to an aromatic ring is 1. The van der Waals surface area contributed by atoms with Gasteiger partial charge in [0.05, 0.1) is 18.2 Å². The van der Waals surface area contributed by atoms with Crippen LogP contribution < -0.4 is 15.8 Å². The molecule has 1 amide bonds. The van der Waals surface area contributed by atoms with Crippen LogP contribution in [-0.2, 0) is 16.1 Å². The minimum atomic E-state index is -0.582. The van der Waals surface area contributed by atoms with Crippen molar-refractivity contribution >= 4 is 41.0 Å². The molecule has 10 nitrogen and oxygen atoms in total. The molecule has 1 aromatic carbocycles. The Balaban J connectivity index is 0.00000304. The molecule has 3 N–H and O–H groups in total. The zero-order chi connectivity index (χ0) is 24.2. The third-order valence-electron chi connectivity index (χ3n) is 6.09. The summed E-state index contributed by atoms with van der Waals surface area (Å²) in [6.45, 7) is 1.57. The number of nitrogens with two attached hydrogens (primary N) is 1. The number of rotatable bonds is 6. The average molecular weight is 511 g/mol. The molecule has 0 radical (unpaired) electrons. The van der Waals surface area contributed by atoms with Crippen LogP contribution in [0.1, 0.15) is 24.4 Å². The van der Waals surface area contributed by atoms with E-state index in [0.717, 1.165) is 40.6 Å². The van der Waals surface area contributed by atoms with E-state index < -0.39 is 6.09 Å². The molecule has 1 fully saturated rings. The van der Waals surface area contributed by atoms with Crippen molar-refractivity contribution < 1.29 is 19.0 Å². The predicted molar refractivity (Wildman–Crippen MR) is 138 cm³/mol. The number of nitrogens with one attached hydrogen (secondary N) is 1. The first-order valence-corrected chi connectivity index (χ1v) is 11.3. The molecule has 1 saturated heterocycles. The fourth-order valence-corrected chi connectivity index (χ4v) is 4.30. The van der Waals surface area contributed by atoms with Gasteiger partial charge in [0.2, 0.25) is 0 Å². The van der Waals surface area contributed by atoms with Gasteiger partial charge in [0.1, 0.15) is 30.1 Å². The second-order valence-corrected chi connectivity index (χ2v) is 8.22. The van der Waals surface area contributed by atoms with E-state index in [4.69, 9.17) is 19.9 Å². The highest BCUT2D eigenvalue weighted by Gasteiger charge is 2.23. The largest absolute Gasteiger partial charge is 0.495 e. The lowest BCUT2D eigenvalue weighted by Gasteiger charge is -2.24. The highest BCUT2D eigenvalue weighted by atomic mass is 35.5. The molecule has 188 valence electrons. The van der Waals surface area contributed by atoms with Gasteiger partial charge >= 0.3 is 6.09 Å². The smallest absolute Gasteiger partial charge is 0.412 e. The molecule has 0 spiro atoms. The van der Waals surface area contributed by atoms with E-state index >= 15 is 0 Å². The Bertz CT molecular complexity index is 1340. The first-order valence-electron chi connectivity index (χ1n) is 11.3. The first kappa shape index (κ1) is 25.2. The average Bonchev–Trinajstić information content (AvgIpc) is 3.30. The monoisotopic (exact) mass is 510 g/mol. The van der Waals surface area contributed by atoms with Crippen LogP contribution >= 0.6 is 12.4 Å². The number of carbonyl (C=O) groups is 1. The Morgan fingerprint density at radius 3 is 2.72 bits per heavy atom. The standard InChI is InChI=1S/C25H26N6O4.ClH/c1-33-21-12-17(2-3-20(21)30-25(32)35-14-16-4-8-27-9-5-16)19-13-31(18-6-10-34-11-7-18)24-22(19)23(26)28-15-29-24;/h2-5,8-9,12-13,15,18H,6-7,10-11,14H2,1H3,(H,30,32)(H2,26,28,29);1H. The number of amides is 1. The van der Waals surface area contributed by atoms with Crippen molar-refractivity contribution in [3.63, 3.8) is 0 Å². The molecule has 1 aliphatic rings. The Morgan fingerprint density at radius 2 is 1.97 bits per heavy atom. The first-order chi connectivity index (χ1) is 17.1. The number of ether oxygens (including phenoxy) is 3. The maximum atomic E-state index is 12.4. The third-order valence-corrected chi connectivity index (χ3v) is 6.09. The number of benzene rings is 1. The lowest BCUT2D eigenvalue weighted by molar-refractivity contribution is 0.0706. The van der Waals surface area contributed by atoms with Gasteiger partial charge in [-0.1, -0.05) is 6.07 Å². The number of nitrogens with zero attached hydrogens (tertiary/aromatic N) is 4. The van der Waals surface area contributed by atoms with Gasteiger partial charge in [-0.2, -0.15) is 0 Å². The van der Waals surface area contributed by atoms with Gasteiger partial charge in [0, 0.05) is 43.4 Å². The van der Waals surface area contributed by atoms with Crippen molar-refractivity contribution in [1.29, 1.82) is 0 Å². The van der Waals surface area contributed by atoms with Gasteiger partial charge in [-0.05, 0) is 48.2 Å². The van der Waals surface area contributed by atoms with Crippen LogP contribution in [0.3, 0.4) is 0 Å². The van der Waals surface area contributed by atoms with Crippen molar-refractivity contribution in [3.05, 3.63) is 60.8 Å². The van der Waals surface area contributed by atoms with Crippen molar-refractivity contribution in [2.45, 2.75) is 25.5 Å². The Morgan fingerprint density at radius 1 is 1.19 bits per heavy atom. The zero-order valence-electron chi connectivity index (χ0n) is 19.7. The van der Waals surface area contributed by atoms with Crippen LogP contribution in [0, 0.1) is 0 Å². The van der Waals surface area contributed by atoms with Crippen LogP contribution in [0.15, 0.2) is 55.2 Å². The number of halogens is 1. The Hall–Kier alpha value is -3.89. The quantitative estimate of drug-likeness (QED) is 0.385. The SMILES string of the molecule is COc1cc(-c2cn(C3CCOCC3)c3ncnc(N)c23)ccc1NC(=O)OCc1ccncc1.Cl. The van der Waals surface area contributed by atoms with Crippen molar-refractivity contribution in [3.8, 4) is 16.9 Å². The number of carbonyl (C=O) groups excluding carboxylic acids is 1. The molecule has 4 aromatic rings. The summed E-state index contributed by atoms with van der Waals surface area (Å²) in [6, 6.07) is 9.38. The Labute approximate surface area is 214 Å². The molecular formula is C25H27ClN6O4. The lowest BCUT2D eigenvalue weighted by Crippen LogP contribution is -2.19. The van der Waals surface area contributed by atoms with E-state index in [1.54, 1.807) is 37.7 Å². The molecule has 11 heteroatoms. The highest BCUT2D eigenvalue weighted by Crippen LogP contribution is 2.39. The summed E-state index contributed by atoms with van der Waals surface area (Å²) >= 11 is 0. The van der Waals surface area contributed by atoms with Gasteiger partial charge in [-0.25, -0.2) is 14.8 Å². The summed E-state index contributed by atoms with van der Waals surface area (Å²) < 4.78 is 18.6. The number of methoxy groups -OCH3 is 1. The number of hydrogen-bond acceptors (Lipinski definition) is 8. The molecular weight excluding hydrogens is 484 g/mol. The van der Waals surface area contributed by atoms with Gasteiger partial charge in [-0.3, -0.25) is 10.3 Å². The highest BCUT2D eigenvalue weighted by molar-refractivity contribution is 6.01. The molecule has 0 bridgehead atoms. The lowest BCUT2D eigenvalue weighted by atomic mass is 10.0.